The second kappa shape index (κ2) is 8.86. The lowest BCUT2D eigenvalue weighted by atomic mass is 9.79. The van der Waals surface area contributed by atoms with Crippen LogP contribution in [0, 0.1) is 0 Å². The van der Waals surface area contributed by atoms with Gasteiger partial charge in [-0.15, -0.1) is 6.58 Å². The molecule has 8 heteroatoms. The summed E-state index contributed by atoms with van der Waals surface area (Å²) in [6.45, 7) is 10.4. The molecular weight excluding hydrogens is 420 g/mol. The molecule has 1 unspecified atom stereocenters. The molecular formula is C25H30N4O4. The highest BCUT2D eigenvalue weighted by molar-refractivity contribution is 6.06. The summed E-state index contributed by atoms with van der Waals surface area (Å²) in [5.74, 6) is -0.0274. The highest BCUT2D eigenvalue weighted by Gasteiger charge is 2.36. The summed E-state index contributed by atoms with van der Waals surface area (Å²) in [5.41, 5.74) is 1.35. The minimum absolute atomic E-state index is 0.147. The van der Waals surface area contributed by atoms with Crippen LogP contribution in [0.1, 0.15) is 49.7 Å². The maximum absolute atomic E-state index is 13.2. The van der Waals surface area contributed by atoms with Gasteiger partial charge in [-0.25, -0.2) is 4.98 Å². The Morgan fingerprint density at radius 1 is 1.42 bits per heavy atom. The van der Waals surface area contributed by atoms with Crippen molar-refractivity contribution in [2.75, 3.05) is 11.9 Å². The first-order chi connectivity index (χ1) is 15.7. The molecule has 174 valence electrons. The second-order valence-electron chi connectivity index (χ2n) is 8.92. The molecule has 1 aliphatic heterocycles. The molecule has 0 aromatic carbocycles. The first-order valence-corrected chi connectivity index (χ1v) is 11.1. The zero-order valence-corrected chi connectivity index (χ0v) is 19.5. The monoisotopic (exact) mass is 450 g/mol. The molecule has 0 aliphatic carbocycles. The van der Waals surface area contributed by atoms with Gasteiger partial charge in [-0.2, -0.15) is 0 Å². The van der Waals surface area contributed by atoms with Gasteiger partial charge < -0.3 is 23.8 Å². The van der Waals surface area contributed by atoms with Crippen LogP contribution in [0.5, 0.6) is 5.75 Å². The molecule has 3 aromatic heterocycles. The molecule has 8 nitrogen and oxygen atoms in total. The second-order valence-corrected chi connectivity index (χ2v) is 8.92. The Kier molecular flexibility index (Phi) is 6.12. The molecule has 1 saturated heterocycles. The van der Waals surface area contributed by atoms with Crippen LogP contribution in [0.4, 0.5) is 5.69 Å². The number of amides is 1. The third-order valence-corrected chi connectivity index (χ3v) is 6.06. The standard InChI is InChI=1S/C25H30N4O4/c1-6-25(10-9-17(4)32-15-25)21-14-29-13-18(20(33-16(2)3)12-22(29)27-21)23(30)26-19-8-7-11-28(5)24(19)31/h6-8,11-14,16-17H,1,9-10,15H2,2-5H3,(H,26,30)/t17?,25-/m0/s1. The number of fused-ring (bicyclic) bond motifs is 1. The van der Waals surface area contributed by atoms with Crippen LogP contribution in [0.15, 0.2) is 54.2 Å². The third kappa shape index (κ3) is 4.43. The topological polar surface area (TPSA) is 86.9 Å². The molecule has 0 spiro atoms. The lowest BCUT2D eigenvalue weighted by Crippen LogP contribution is -2.37. The largest absolute Gasteiger partial charge is 0.490 e. The van der Waals surface area contributed by atoms with Gasteiger partial charge in [0, 0.05) is 31.7 Å². The van der Waals surface area contributed by atoms with Crippen molar-refractivity contribution in [2.24, 2.45) is 7.05 Å². The maximum Gasteiger partial charge on any atom is 0.274 e. The Bertz CT molecular complexity index is 1250. The SMILES string of the molecule is C=C[C@]1(c2cn3cc(C(=O)Nc4cccn(C)c4=O)c(OC(C)C)cc3n2)CCC(C)OC1. The number of imidazole rings is 1. The van der Waals surface area contributed by atoms with E-state index >= 15 is 0 Å². The Balaban J connectivity index is 1.75. The van der Waals surface area contributed by atoms with Crippen molar-refractivity contribution in [2.45, 2.75) is 51.2 Å². The predicted octanol–water partition coefficient (Wildman–Crippen LogP) is 3.70. The van der Waals surface area contributed by atoms with Gasteiger partial charge in [0.25, 0.3) is 11.5 Å². The van der Waals surface area contributed by atoms with E-state index < -0.39 is 5.91 Å². The van der Waals surface area contributed by atoms with E-state index in [0.717, 1.165) is 18.5 Å². The Morgan fingerprint density at radius 3 is 2.88 bits per heavy atom. The molecule has 33 heavy (non-hydrogen) atoms. The molecule has 4 heterocycles. The van der Waals surface area contributed by atoms with Crippen molar-refractivity contribution in [1.29, 1.82) is 0 Å². The van der Waals surface area contributed by atoms with Crippen LogP contribution in [0.3, 0.4) is 0 Å². The van der Waals surface area contributed by atoms with Crippen LogP contribution in [-0.4, -0.2) is 38.7 Å². The van der Waals surface area contributed by atoms with E-state index in [0.29, 0.717) is 23.6 Å². The quantitative estimate of drug-likeness (QED) is 0.579. The molecule has 1 fully saturated rings. The van der Waals surface area contributed by atoms with Gasteiger partial charge in [-0.05, 0) is 45.7 Å². The fourth-order valence-corrected chi connectivity index (χ4v) is 4.03. The van der Waals surface area contributed by atoms with E-state index in [1.807, 2.05) is 30.5 Å². The van der Waals surface area contributed by atoms with Crippen LogP contribution >= 0.6 is 0 Å². The van der Waals surface area contributed by atoms with Gasteiger partial charge >= 0.3 is 0 Å². The van der Waals surface area contributed by atoms with Gasteiger partial charge in [0.05, 0.1) is 35.5 Å². The normalized spacial score (nSPS) is 20.7. The van der Waals surface area contributed by atoms with E-state index in [1.165, 1.54) is 4.57 Å². The Labute approximate surface area is 192 Å². The van der Waals surface area contributed by atoms with Crippen LogP contribution < -0.4 is 15.6 Å². The number of carbonyl (C=O) groups is 1. The molecule has 0 saturated carbocycles. The summed E-state index contributed by atoms with van der Waals surface area (Å²) in [5, 5.41) is 2.72. The Morgan fingerprint density at radius 2 is 2.21 bits per heavy atom. The number of ether oxygens (including phenoxy) is 2. The molecule has 4 rings (SSSR count). The number of nitrogens with zero attached hydrogens (tertiary/aromatic N) is 3. The lowest BCUT2D eigenvalue weighted by molar-refractivity contribution is -0.00698. The summed E-state index contributed by atoms with van der Waals surface area (Å²) in [6, 6.07) is 5.04. The lowest BCUT2D eigenvalue weighted by Gasteiger charge is -2.35. The van der Waals surface area contributed by atoms with Crippen molar-refractivity contribution >= 4 is 17.2 Å². The van der Waals surface area contributed by atoms with E-state index in [9.17, 15) is 9.59 Å². The smallest absolute Gasteiger partial charge is 0.274 e. The molecule has 0 radical (unpaired) electrons. The summed E-state index contributed by atoms with van der Waals surface area (Å²) in [4.78, 5) is 30.4. The van der Waals surface area contributed by atoms with Crippen molar-refractivity contribution in [3.63, 3.8) is 0 Å². The maximum atomic E-state index is 13.2. The van der Waals surface area contributed by atoms with Crippen LogP contribution in [-0.2, 0) is 17.2 Å². The molecule has 1 amide bonds. The predicted molar refractivity (Wildman–Crippen MR) is 127 cm³/mol. The van der Waals surface area contributed by atoms with Gasteiger partial charge in [0.15, 0.2) is 0 Å². The number of hydrogen-bond acceptors (Lipinski definition) is 5. The first kappa shape index (κ1) is 22.8. The van der Waals surface area contributed by atoms with Crippen LogP contribution in [0.25, 0.3) is 5.65 Å². The highest BCUT2D eigenvalue weighted by Crippen LogP contribution is 2.36. The number of pyridine rings is 2. The van der Waals surface area contributed by atoms with Gasteiger partial charge in [0.2, 0.25) is 0 Å². The number of nitrogens with one attached hydrogen (secondary N) is 1. The number of aromatic nitrogens is 3. The van der Waals surface area contributed by atoms with Crippen molar-refractivity contribution in [3.05, 3.63) is 71.1 Å². The Hall–Kier alpha value is -3.39. The first-order valence-electron chi connectivity index (χ1n) is 11.1. The number of hydrogen-bond donors (Lipinski definition) is 1. The fraction of sp³-hybridized carbons (Fsp3) is 0.400. The summed E-state index contributed by atoms with van der Waals surface area (Å²) in [7, 11) is 1.63. The minimum atomic E-state index is -0.431. The van der Waals surface area contributed by atoms with Gasteiger partial charge in [-0.1, -0.05) is 6.08 Å². The van der Waals surface area contributed by atoms with Crippen LogP contribution in [0.2, 0.25) is 0 Å². The minimum Gasteiger partial charge on any atom is -0.490 e. The molecule has 1 aliphatic rings. The molecule has 2 atom stereocenters. The molecule has 1 N–H and O–H groups in total. The number of rotatable bonds is 6. The van der Waals surface area contributed by atoms with E-state index in [1.54, 1.807) is 37.6 Å². The summed E-state index contributed by atoms with van der Waals surface area (Å²) >= 11 is 0. The average Bonchev–Trinajstić information content (AvgIpc) is 3.20. The molecule has 0 bridgehead atoms. The van der Waals surface area contributed by atoms with E-state index in [2.05, 4.69) is 18.8 Å². The van der Waals surface area contributed by atoms with Crippen molar-refractivity contribution in [1.82, 2.24) is 14.0 Å². The number of carbonyl (C=O) groups excluding carboxylic acids is 1. The zero-order chi connectivity index (χ0) is 23.8. The van der Waals surface area contributed by atoms with Gasteiger partial charge in [-0.3, -0.25) is 9.59 Å². The third-order valence-electron chi connectivity index (χ3n) is 6.06. The van der Waals surface area contributed by atoms with E-state index in [4.69, 9.17) is 14.5 Å². The average molecular weight is 451 g/mol. The van der Waals surface area contributed by atoms with Gasteiger partial charge in [0.1, 0.15) is 17.1 Å². The molecule has 3 aromatic rings. The number of anilines is 1. The van der Waals surface area contributed by atoms with E-state index in [-0.39, 0.29) is 28.9 Å². The summed E-state index contributed by atoms with van der Waals surface area (Å²) in [6.07, 6.45) is 9.01. The van der Waals surface area contributed by atoms with Crippen molar-refractivity contribution in [3.8, 4) is 5.75 Å². The zero-order valence-electron chi connectivity index (χ0n) is 19.5. The fourth-order valence-electron chi connectivity index (χ4n) is 4.03. The summed E-state index contributed by atoms with van der Waals surface area (Å²) < 4.78 is 15.1. The highest BCUT2D eigenvalue weighted by atomic mass is 16.5. The number of aryl methyl sites for hydroxylation is 1. The van der Waals surface area contributed by atoms with Crippen molar-refractivity contribution < 1.29 is 14.3 Å².